The number of ether oxygens (including phenoxy) is 3. The van der Waals surface area contributed by atoms with Crippen LogP contribution in [0.2, 0.25) is 0 Å². The van der Waals surface area contributed by atoms with Crippen LogP contribution in [0.3, 0.4) is 0 Å². The first kappa shape index (κ1) is 19.7. The van der Waals surface area contributed by atoms with Crippen molar-refractivity contribution in [3.8, 4) is 11.5 Å². The molecule has 0 aliphatic heterocycles. The van der Waals surface area contributed by atoms with Gasteiger partial charge in [0.25, 0.3) is 5.95 Å². The second kappa shape index (κ2) is 8.74. The van der Waals surface area contributed by atoms with E-state index in [9.17, 15) is 4.79 Å². The van der Waals surface area contributed by atoms with E-state index in [-0.39, 0.29) is 12.6 Å². The number of hydrogen-bond donors (Lipinski definition) is 2. The van der Waals surface area contributed by atoms with Crippen molar-refractivity contribution in [2.45, 2.75) is 13.5 Å². The SMILES string of the molecule is CCOC(=O)Nc1nc2c(NCc3ccc(OC)cc3OC)nc(Br)cn2n1. The highest BCUT2D eigenvalue weighted by Gasteiger charge is 2.14. The van der Waals surface area contributed by atoms with E-state index < -0.39 is 6.09 Å². The van der Waals surface area contributed by atoms with Gasteiger partial charge in [-0.2, -0.15) is 4.98 Å². The number of carbonyl (C=O) groups is 1. The molecule has 0 fully saturated rings. The van der Waals surface area contributed by atoms with Crippen molar-refractivity contribution in [3.05, 3.63) is 34.6 Å². The van der Waals surface area contributed by atoms with Crippen molar-refractivity contribution in [1.82, 2.24) is 19.6 Å². The van der Waals surface area contributed by atoms with Crippen LogP contribution in [0.15, 0.2) is 29.0 Å². The normalized spacial score (nSPS) is 10.6. The van der Waals surface area contributed by atoms with E-state index in [2.05, 4.69) is 41.6 Å². The van der Waals surface area contributed by atoms with Gasteiger partial charge in [-0.3, -0.25) is 5.32 Å². The first-order valence-electron chi connectivity index (χ1n) is 8.35. The van der Waals surface area contributed by atoms with Crippen LogP contribution in [0.4, 0.5) is 16.6 Å². The van der Waals surface area contributed by atoms with Crippen molar-refractivity contribution in [2.75, 3.05) is 31.5 Å². The fourth-order valence-electron chi connectivity index (χ4n) is 2.47. The van der Waals surface area contributed by atoms with Crippen molar-refractivity contribution in [3.63, 3.8) is 0 Å². The molecule has 0 saturated carbocycles. The predicted molar refractivity (Wildman–Crippen MR) is 106 cm³/mol. The van der Waals surface area contributed by atoms with Crippen LogP contribution in [-0.2, 0) is 11.3 Å². The van der Waals surface area contributed by atoms with Crippen LogP contribution in [0.25, 0.3) is 5.65 Å². The smallest absolute Gasteiger partial charge is 0.414 e. The Balaban J connectivity index is 1.84. The van der Waals surface area contributed by atoms with Gasteiger partial charge in [0.2, 0.25) is 0 Å². The van der Waals surface area contributed by atoms with Gasteiger partial charge in [-0.25, -0.2) is 14.3 Å². The van der Waals surface area contributed by atoms with Crippen molar-refractivity contribution in [2.24, 2.45) is 0 Å². The molecule has 0 atom stereocenters. The molecule has 2 aromatic heterocycles. The molecule has 0 unspecified atom stereocenters. The molecule has 0 spiro atoms. The van der Waals surface area contributed by atoms with E-state index in [4.69, 9.17) is 14.2 Å². The molecule has 11 heteroatoms. The molecular formula is C17H19BrN6O4. The van der Waals surface area contributed by atoms with Gasteiger partial charge in [-0.05, 0) is 35.0 Å². The van der Waals surface area contributed by atoms with Gasteiger partial charge < -0.3 is 19.5 Å². The largest absolute Gasteiger partial charge is 0.497 e. The summed E-state index contributed by atoms with van der Waals surface area (Å²) < 4.78 is 17.5. The van der Waals surface area contributed by atoms with Crippen LogP contribution >= 0.6 is 15.9 Å². The zero-order valence-corrected chi connectivity index (χ0v) is 17.1. The number of aromatic nitrogens is 4. The fraction of sp³-hybridized carbons (Fsp3) is 0.294. The summed E-state index contributed by atoms with van der Waals surface area (Å²) in [6.07, 6.45) is 1.01. The van der Waals surface area contributed by atoms with Gasteiger partial charge in [-0.15, -0.1) is 5.10 Å². The van der Waals surface area contributed by atoms with Crippen LogP contribution < -0.4 is 20.1 Å². The standard InChI is InChI=1S/C17H19BrN6O4/c1-4-28-17(25)22-16-21-15-14(20-13(18)9-24(15)23-16)19-8-10-5-6-11(26-2)7-12(10)27-3/h5-7,9H,4,8H2,1-3H3,(H,19,20)(H,22,23,25). The lowest BCUT2D eigenvalue weighted by Gasteiger charge is -2.12. The molecule has 0 aliphatic carbocycles. The molecule has 148 valence electrons. The number of amides is 1. The maximum absolute atomic E-state index is 11.6. The average molecular weight is 451 g/mol. The summed E-state index contributed by atoms with van der Waals surface area (Å²) in [4.78, 5) is 20.3. The molecule has 3 aromatic rings. The number of rotatable bonds is 7. The number of fused-ring (bicyclic) bond motifs is 1. The molecule has 0 radical (unpaired) electrons. The van der Waals surface area contributed by atoms with Gasteiger partial charge in [0.1, 0.15) is 16.1 Å². The molecule has 1 amide bonds. The number of hydrogen-bond acceptors (Lipinski definition) is 8. The van der Waals surface area contributed by atoms with Gasteiger partial charge in [0.15, 0.2) is 11.5 Å². The quantitative estimate of drug-likeness (QED) is 0.564. The first-order chi connectivity index (χ1) is 13.5. The topological polar surface area (TPSA) is 112 Å². The summed E-state index contributed by atoms with van der Waals surface area (Å²) in [6, 6.07) is 5.55. The summed E-state index contributed by atoms with van der Waals surface area (Å²) >= 11 is 3.35. The van der Waals surface area contributed by atoms with Gasteiger partial charge >= 0.3 is 6.09 Å². The van der Waals surface area contributed by atoms with Crippen molar-refractivity contribution >= 4 is 39.4 Å². The highest BCUT2D eigenvalue weighted by molar-refractivity contribution is 9.10. The Hall–Kier alpha value is -3.08. The molecule has 0 saturated heterocycles. The summed E-state index contributed by atoms with van der Waals surface area (Å²) in [5.41, 5.74) is 1.36. The molecule has 0 bridgehead atoms. The maximum atomic E-state index is 11.6. The van der Waals surface area contributed by atoms with Crippen LogP contribution in [0.1, 0.15) is 12.5 Å². The molecular weight excluding hydrogens is 432 g/mol. The van der Waals surface area contributed by atoms with E-state index in [0.717, 1.165) is 5.56 Å². The Morgan fingerprint density at radius 3 is 2.79 bits per heavy atom. The minimum Gasteiger partial charge on any atom is -0.497 e. The lowest BCUT2D eigenvalue weighted by Crippen LogP contribution is -2.14. The molecule has 1 aromatic carbocycles. The summed E-state index contributed by atoms with van der Waals surface area (Å²) in [5.74, 6) is 1.99. The third-order valence-electron chi connectivity index (χ3n) is 3.72. The second-order valence-corrected chi connectivity index (χ2v) is 6.31. The molecule has 2 heterocycles. The number of benzene rings is 1. The highest BCUT2D eigenvalue weighted by Crippen LogP contribution is 2.26. The Bertz CT molecular complexity index is 993. The summed E-state index contributed by atoms with van der Waals surface area (Å²) in [7, 11) is 3.20. The van der Waals surface area contributed by atoms with E-state index in [0.29, 0.717) is 34.1 Å². The Morgan fingerprint density at radius 1 is 1.25 bits per heavy atom. The molecule has 28 heavy (non-hydrogen) atoms. The third kappa shape index (κ3) is 4.42. The first-order valence-corrected chi connectivity index (χ1v) is 9.14. The number of carbonyl (C=O) groups excluding carboxylic acids is 1. The number of nitrogens with zero attached hydrogens (tertiary/aromatic N) is 4. The number of nitrogens with one attached hydrogen (secondary N) is 2. The van der Waals surface area contributed by atoms with E-state index >= 15 is 0 Å². The number of methoxy groups -OCH3 is 2. The van der Waals surface area contributed by atoms with E-state index in [1.807, 2.05) is 12.1 Å². The Labute approximate surface area is 169 Å². The minimum absolute atomic E-state index is 0.114. The number of halogens is 1. The monoisotopic (exact) mass is 450 g/mol. The molecule has 0 aliphatic rings. The highest BCUT2D eigenvalue weighted by atomic mass is 79.9. The van der Waals surface area contributed by atoms with Crippen LogP contribution in [0.5, 0.6) is 11.5 Å². The van der Waals surface area contributed by atoms with Crippen molar-refractivity contribution in [1.29, 1.82) is 0 Å². The lowest BCUT2D eigenvalue weighted by molar-refractivity contribution is 0.167. The fourth-order valence-corrected chi connectivity index (χ4v) is 2.84. The lowest BCUT2D eigenvalue weighted by atomic mass is 10.2. The summed E-state index contributed by atoms with van der Waals surface area (Å²) in [5, 5.41) is 9.90. The second-order valence-electron chi connectivity index (χ2n) is 5.49. The van der Waals surface area contributed by atoms with Gasteiger partial charge in [0, 0.05) is 18.2 Å². The third-order valence-corrected chi connectivity index (χ3v) is 4.10. The molecule has 3 rings (SSSR count). The predicted octanol–water partition coefficient (Wildman–Crippen LogP) is 3.08. The summed E-state index contributed by atoms with van der Waals surface area (Å²) in [6.45, 7) is 2.40. The Kier molecular flexibility index (Phi) is 6.14. The minimum atomic E-state index is -0.622. The zero-order valence-electron chi connectivity index (χ0n) is 15.5. The van der Waals surface area contributed by atoms with E-state index in [1.165, 1.54) is 4.52 Å². The molecule has 2 N–H and O–H groups in total. The van der Waals surface area contributed by atoms with Gasteiger partial charge in [0.05, 0.1) is 27.0 Å². The van der Waals surface area contributed by atoms with Gasteiger partial charge in [-0.1, -0.05) is 0 Å². The number of anilines is 2. The molecule has 10 nitrogen and oxygen atoms in total. The maximum Gasteiger partial charge on any atom is 0.414 e. The average Bonchev–Trinajstić information content (AvgIpc) is 3.08. The zero-order chi connectivity index (χ0) is 20.1. The van der Waals surface area contributed by atoms with Crippen LogP contribution in [-0.4, -0.2) is 46.5 Å². The van der Waals surface area contributed by atoms with Crippen molar-refractivity contribution < 1.29 is 19.0 Å². The van der Waals surface area contributed by atoms with Crippen LogP contribution in [0, 0.1) is 0 Å². The van der Waals surface area contributed by atoms with E-state index in [1.54, 1.807) is 33.4 Å². The Morgan fingerprint density at radius 2 is 2.07 bits per heavy atom.